The summed E-state index contributed by atoms with van der Waals surface area (Å²) in [5.41, 5.74) is 1.32. The normalized spacial score (nSPS) is 12.7. The fourth-order valence-electron chi connectivity index (χ4n) is 4.26. The van der Waals surface area contributed by atoms with Gasteiger partial charge in [0.25, 0.3) is 0 Å². The lowest BCUT2D eigenvalue weighted by Gasteiger charge is -2.20. The molecule has 0 spiro atoms. The Hall–Kier alpha value is -2.89. The van der Waals surface area contributed by atoms with E-state index < -0.39 is 0 Å². The molecular weight excluding hydrogens is 612 g/mol. The fraction of sp³-hybridized carbons (Fsp3) is 0.732. The predicted molar refractivity (Wildman–Crippen MR) is 211 cm³/mol. The standard InChI is InChI=1S/C9H15NO.C8H18N2O.C7H15NO2.C7H14.C7H8.C3H8/c1-4-6-8(3)10-9(11)7-5-2;1-4-10(5-2)7-6-9(3)8-11;1-2-3-4-7(10)5-8-6-9;2*1-7-5-3-2-4-6-7;1-3-2/h1,8H,5-7H2,2-3H3,(H,10,11);8H,4-7H2,1-3H3;6-7,10H,2-5H2,1H3,(H,8,9);7H,2-6H2,1H3;2-6H,1H3;3H2,1-2H3/t8-;;7-;;;/m1.0.../s1. The zero-order valence-corrected chi connectivity index (χ0v) is 33.4. The molecule has 0 radical (unpaired) electrons. The van der Waals surface area contributed by atoms with Crippen LogP contribution in [0.5, 0.6) is 0 Å². The van der Waals surface area contributed by atoms with Crippen LogP contribution in [0.1, 0.15) is 138 Å². The molecule has 1 fully saturated rings. The van der Waals surface area contributed by atoms with Crippen LogP contribution >= 0.6 is 0 Å². The lowest BCUT2D eigenvalue weighted by Crippen LogP contribution is -2.32. The van der Waals surface area contributed by atoms with Crippen LogP contribution in [0.4, 0.5) is 0 Å². The number of aryl methyl sites for hydroxylation is 1. The number of terminal acetylenes is 1. The van der Waals surface area contributed by atoms with Gasteiger partial charge in [0.05, 0.1) is 6.10 Å². The Kier molecular flexibility index (Phi) is 46.6. The number of rotatable bonds is 16. The molecule has 0 heterocycles. The molecule has 1 aromatic rings. The minimum atomic E-state index is -0.370. The van der Waals surface area contributed by atoms with Gasteiger partial charge in [-0.15, -0.1) is 12.3 Å². The van der Waals surface area contributed by atoms with Crippen molar-refractivity contribution in [3.63, 3.8) is 0 Å². The lowest BCUT2D eigenvalue weighted by molar-refractivity contribution is -0.121. The monoisotopic (exact) mass is 691 g/mol. The molecule has 2 rings (SSSR count). The minimum Gasteiger partial charge on any atom is -0.391 e. The second kappa shape index (κ2) is 43.1. The van der Waals surface area contributed by atoms with Gasteiger partial charge in [0, 0.05) is 45.6 Å². The van der Waals surface area contributed by atoms with Gasteiger partial charge in [-0.1, -0.05) is 136 Å². The summed E-state index contributed by atoms with van der Waals surface area (Å²) < 4.78 is 0. The number of carbonyl (C=O) groups excluding carboxylic acids is 3. The van der Waals surface area contributed by atoms with Crippen LogP contribution in [0, 0.1) is 25.2 Å². The molecule has 8 heteroatoms. The van der Waals surface area contributed by atoms with Gasteiger partial charge in [-0.3, -0.25) is 14.4 Å². The Bertz CT molecular complexity index is 853. The van der Waals surface area contributed by atoms with Gasteiger partial charge in [0.15, 0.2) is 0 Å². The minimum absolute atomic E-state index is 0.0928. The third-order valence-corrected chi connectivity index (χ3v) is 7.31. The van der Waals surface area contributed by atoms with Gasteiger partial charge in [0.2, 0.25) is 18.7 Å². The number of hydrogen-bond donors (Lipinski definition) is 3. The van der Waals surface area contributed by atoms with E-state index in [1.807, 2.05) is 32.0 Å². The summed E-state index contributed by atoms with van der Waals surface area (Å²) in [4.78, 5) is 34.9. The molecule has 0 saturated heterocycles. The average molecular weight is 691 g/mol. The molecule has 2 atom stereocenters. The van der Waals surface area contributed by atoms with E-state index in [0.717, 1.165) is 64.2 Å². The van der Waals surface area contributed by atoms with E-state index in [-0.39, 0.29) is 18.1 Å². The van der Waals surface area contributed by atoms with E-state index in [0.29, 0.717) is 25.8 Å². The summed E-state index contributed by atoms with van der Waals surface area (Å²) in [5.74, 6) is 3.63. The summed E-state index contributed by atoms with van der Waals surface area (Å²) in [6.45, 7) is 23.2. The van der Waals surface area contributed by atoms with Crippen LogP contribution in [-0.4, -0.2) is 85.6 Å². The van der Waals surface area contributed by atoms with Crippen LogP contribution in [0.2, 0.25) is 0 Å². The molecule has 3 N–H and O–H groups in total. The van der Waals surface area contributed by atoms with Gasteiger partial charge in [-0.05, 0) is 45.7 Å². The molecule has 0 aromatic heterocycles. The second-order valence-corrected chi connectivity index (χ2v) is 12.7. The average Bonchev–Trinajstić information content (AvgIpc) is 3.09. The quantitative estimate of drug-likeness (QED) is 0.121. The molecule has 1 aliphatic rings. The number of aliphatic hydroxyl groups excluding tert-OH is 1. The van der Waals surface area contributed by atoms with Crippen molar-refractivity contribution in [3.8, 4) is 12.3 Å². The van der Waals surface area contributed by atoms with Crippen molar-refractivity contribution >= 4 is 18.7 Å². The molecule has 1 aromatic carbocycles. The lowest BCUT2D eigenvalue weighted by atomic mass is 9.91. The van der Waals surface area contributed by atoms with Gasteiger partial charge < -0.3 is 25.5 Å². The maximum absolute atomic E-state index is 10.9. The van der Waals surface area contributed by atoms with Crippen molar-refractivity contribution in [1.29, 1.82) is 0 Å². The van der Waals surface area contributed by atoms with Crippen molar-refractivity contribution in [2.45, 2.75) is 152 Å². The zero-order chi connectivity index (χ0) is 38.1. The first-order chi connectivity index (χ1) is 23.5. The van der Waals surface area contributed by atoms with Gasteiger partial charge in [-0.25, -0.2) is 0 Å². The molecule has 286 valence electrons. The van der Waals surface area contributed by atoms with Gasteiger partial charge in [0.1, 0.15) is 0 Å². The Balaban J connectivity index is -0.000000255. The first kappa shape index (κ1) is 52.9. The molecule has 8 nitrogen and oxygen atoms in total. The third-order valence-electron chi connectivity index (χ3n) is 7.31. The third kappa shape index (κ3) is 47.3. The smallest absolute Gasteiger partial charge is 0.220 e. The summed E-state index contributed by atoms with van der Waals surface area (Å²) in [7, 11) is 1.80. The first-order valence-electron chi connectivity index (χ1n) is 18.9. The summed E-state index contributed by atoms with van der Waals surface area (Å²) in [6.07, 6.45) is 19.8. The highest BCUT2D eigenvalue weighted by molar-refractivity contribution is 5.76. The van der Waals surface area contributed by atoms with E-state index in [1.165, 1.54) is 44.1 Å². The van der Waals surface area contributed by atoms with Crippen molar-refractivity contribution in [2.75, 3.05) is 39.8 Å². The maximum atomic E-state index is 10.9. The molecule has 1 aliphatic carbocycles. The molecular formula is C41H78N4O4. The van der Waals surface area contributed by atoms with Gasteiger partial charge >= 0.3 is 0 Å². The number of hydrogen-bond acceptors (Lipinski definition) is 5. The largest absolute Gasteiger partial charge is 0.391 e. The zero-order valence-electron chi connectivity index (χ0n) is 33.4. The molecule has 0 aliphatic heterocycles. The number of aliphatic hydroxyl groups is 1. The highest BCUT2D eigenvalue weighted by atomic mass is 16.3. The summed E-state index contributed by atoms with van der Waals surface area (Å²) in [5, 5.41) is 14.3. The maximum Gasteiger partial charge on any atom is 0.220 e. The van der Waals surface area contributed by atoms with Gasteiger partial charge in [-0.2, -0.15) is 0 Å². The Morgan fingerprint density at radius 1 is 1.00 bits per heavy atom. The Labute approximate surface area is 303 Å². The first-order valence-corrected chi connectivity index (χ1v) is 18.9. The van der Waals surface area contributed by atoms with Crippen LogP contribution in [0.15, 0.2) is 30.3 Å². The van der Waals surface area contributed by atoms with Crippen molar-refractivity contribution in [3.05, 3.63) is 35.9 Å². The number of nitrogens with one attached hydrogen (secondary N) is 2. The van der Waals surface area contributed by atoms with Crippen molar-refractivity contribution in [2.24, 2.45) is 5.92 Å². The Morgan fingerprint density at radius 2 is 1.57 bits per heavy atom. The topological polar surface area (TPSA) is 102 Å². The molecule has 3 amide bonds. The highest BCUT2D eigenvalue weighted by Gasteiger charge is 2.06. The number of carbonyl (C=O) groups is 3. The number of benzene rings is 1. The fourth-order valence-corrected chi connectivity index (χ4v) is 4.26. The predicted octanol–water partition coefficient (Wildman–Crippen LogP) is 8.01. The molecule has 49 heavy (non-hydrogen) atoms. The van der Waals surface area contributed by atoms with Crippen LogP contribution in [-0.2, 0) is 14.4 Å². The van der Waals surface area contributed by atoms with E-state index in [9.17, 15) is 14.4 Å². The van der Waals surface area contributed by atoms with E-state index in [2.05, 4.69) is 82.1 Å². The van der Waals surface area contributed by atoms with Crippen molar-refractivity contribution < 1.29 is 19.5 Å². The van der Waals surface area contributed by atoms with Crippen LogP contribution in [0.3, 0.4) is 0 Å². The van der Waals surface area contributed by atoms with E-state index in [4.69, 9.17) is 11.5 Å². The van der Waals surface area contributed by atoms with Crippen LogP contribution in [0.25, 0.3) is 0 Å². The molecule has 0 bridgehead atoms. The number of amides is 3. The highest BCUT2D eigenvalue weighted by Crippen LogP contribution is 2.22. The summed E-state index contributed by atoms with van der Waals surface area (Å²) in [6, 6.07) is 10.4. The second-order valence-electron chi connectivity index (χ2n) is 12.7. The van der Waals surface area contributed by atoms with Crippen molar-refractivity contribution in [1.82, 2.24) is 20.4 Å². The number of unbranched alkanes of at least 4 members (excludes halogenated alkanes) is 1. The molecule has 1 saturated carbocycles. The Morgan fingerprint density at radius 3 is 1.94 bits per heavy atom. The van der Waals surface area contributed by atoms with E-state index in [1.54, 1.807) is 11.9 Å². The van der Waals surface area contributed by atoms with E-state index >= 15 is 0 Å². The SMILES string of the molecule is C#CC[C@@H](C)NC(=O)CCC.CC1CCCCC1.CCC.CCCC[C@H](O)CNC=O.CCN(CC)CCN(C)C=O.Cc1ccccc1. The molecule has 0 unspecified atom stereocenters. The number of nitrogens with zero attached hydrogens (tertiary/aromatic N) is 2. The number of likely N-dealkylation sites (N-methyl/N-ethyl adjacent to an activating group) is 2. The van der Waals surface area contributed by atoms with Crippen LogP contribution < -0.4 is 10.6 Å². The summed E-state index contributed by atoms with van der Waals surface area (Å²) >= 11 is 0.